The van der Waals surface area contributed by atoms with Gasteiger partial charge in [-0.05, 0) is 56.5 Å². The van der Waals surface area contributed by atoms with Crippen molar-refractivity contribution >= 4 is 11.8 Å². The van der Waals surface area contributed by atoms with Crippen LogP contribution in [0.2, 0.25) is 0 Å². The summed E-state index contributed by atoms with van der Waals surface area (Å²) < 4.78 is 10.6. The number of nitrogens with two attached hydrogens (primary N) is 1. The van der Waals surface area contributed by atoms with Crippen molar-refractivity contribution in [1.82, 2.24) is 19.9 Å². The van der Waals surface area contributed by atoms with E-state index >= 15 is 0 Å². The highest BCUT2D eigenvalue weighted by Crippen LogP contribution is 2.25. The van der Waals surface area contributed by atoms with Crippen LogP contribution >= 0.6 is 0 Å². The van der Waals surface area contributed by atoms with Crippen molar-refractivity contribution in [2.75, 3.05) is 33.3 Å². The third kappa shape index (κ3) is 5.04. The zero-order valence-corrected chi connectivity index (χ0v) is 17.8. The van der Waals surface area contributed by atoms with Gasteiger partial charge in [0.05, 0.1) is 19.6 Å². The van der Waals surface area contributed by atoms with E-state index in [-0.39, 0.29) is 23.7 Å². The molecule has 2 aromatic rings. The van der Waals surface area contributed by atoms with Gasteiger partial charge in [0.15, 0.2) is 0 Å². The fraction of sp³-hybridized carbons (Fsp3) is 0.545. The molecule has 1 unspecified atom stereocenters. The van der Waals surface area contributed by atoms with Crippen LogP contribution in [0.15, 0.2) is 28.8 Å². The predicted octanol–water partition coefficient (Wildman–Crippen LogP) is 1.68. The van der Waals surface area contributed by atoms with Crippen molar-refractivity contribution in [3.63, 3.8) is 0 Å². The Hall–Kier alpha value is -2.94. The number of aromatic nitrogens is 2. The summed E-state index contributed by atoms with van der Waals surface area (Å²) in [6.45, 7) is 3.31. The molecule has 1 atom stereocenters. The van der Waals surface area contributed by atoms with Crippen molar-refractivity contribution in [3.05, 3.63) is 30.2 Å². The van der Waals surface area contributed by atoms with Crippen LogP contribution in [0.5, 0.6) is 5.75 Å². The molecule has 9 nitrogen and oxygen atoms in total. The summed E-state index contributed by atoms with van der Waals surface area (Å²) in [6.07, 6.45) is 3.15. The van der Waals surface area contributed by atoms with Crippen molar-refractivity contribution in [2.45, 2.75) is 32.2 Å². The zero-order valence-electron chi connectivity index (χ0n) is 17.8. The van der Waals surface area contributed by atoms with E-state index in [2.05, 4.69) is 15.0 Å². The Labute approximate surface area is 181 Å². The number of methoxy groups -OCH3 is 1. The van der Waals surface area contributed by atoms with Crippen molar-refractivity contribution in [3.8, 4) is 17.1 Å². The highest BCUT2D eigenvalue weighted by molar-refractivity contribution is 5.80. The molecule has 31 heavy (non-hydrogen) atoms. The Morgan fingerprint density at radius 3 is 2.55 bits per heavy atom. The summed E-state index contributed by atoms with van der Waals surface area (Å²) in [5.74, 6) is 1.63. The molecule has 9 heteroatoms. The second-order valence-electron chi connectivity index (χ2n) is 8.32. The van der Waals surface area contributed by atoms with E-state index in [1.807, 2.05) is 29.2 Å². The Morgan fingerprint density at radius 1 is 1.13 bits per heavy atom. The zero-order chi connectivity index (χ0) is 21.8. The smallest absolute Gasteiger partial charge is 0.241 e. The molecule has 3 heterocycles. The Kier molecular flexibility index (Phi) is 6.50. The normalized spacial score (nSPS) is 20.5. The number of rotatable bonds is 6. The van der Waals surface area contributed by atoms with Crippen LogP contribution in [0.3, 0.4) is 0 Å². The molecular formula is C22H29N5O4. The van der Waals surface area contributed by atoms with E-state index in [0.717, 1.165) is 30.7 Å². The molecule has 4 rings (SSSR count). The van der Waals surface area contributed by atoms with Gasteiger partial charge in [-0.3, -0.25) is 14.5 Å². The number of hydrogen-bond acceptors (Lipinski definition) is 7. The van der Waals surface area contributed by atoms with Crippen LogP contribution in [0.4, 0.5) is 0 Å². The topological polar surface area (TPSA) is 115 Å². The number of carbonyl (C=O) groups is 2. The van der Waals surface area contributed by atoms with Crippen LogP contribution in [-0.4, -0.2) is 65.0 Å². The summed E-state index contributed by atoms with van der Waals surface area (Å²) in [5, 5.41) is 4.09. The second-order valence-corrected chi connectivity index (χ2v) is 8.32. The van der Waals surface area contributed by atoms with Gasteiger partial charge in [0.2, 0.25) is 23.5 Å². The lowest BCUT2D eigenvalue weighted by Crippen LogP contribution is -2.48. The molecule has 2 saturated heterocycles. The SMILES string of the molecule is COc1ccc(-c2noc(CN3CCCC(C(=O)N4CCC(C(N)=O)CC4)C3)n2)cc1. The van der Waals surface area contributed by atoms with Gasteiger partial charge in [-0.25, -0.2) is 0 Å². The molecule has 2 fully saturated rings. The number of carbonyl (C=O) groups excluding carboxylic acids is 2. The fourth-order valence-electron chi connectivity index (χ4n) is 4.41. The molecule has 166 valence electrons. The van der Waals surface area contributed by atoms with Gasteiger partial charge in [0.25, 0.3) is 0 Å². The van der Waals surface area contributed by atoms with Crippen LogP contribution in [-0.2, 0) is 16.1 Å². The first-order chi connectivity index (χ1) is 15.0. The van der Waals surface area contributed by atoms with Crippen molar-refractivity contribution in [1.29, 1.82) is 0 Å². The number of likely N-dealkylation sites (tertiary alicyclic amines) is 2. The molecule has 2 N–H and O–H groups in total. The lowest BCUT2D eigenvalue weighted by atomic mass is 9.92. The van der Waals surface area contributed by atoms with E-state index in [1.165, 1.54) is 0 Å². The lowest BCUT2D eigenvalue weighted by Gasteiger charge is -2.37. The lowest BCUT2D eigenvalue weighted by molar-refractivity contribution is -0.140. The van der Waals surface area contributed by atoms with E-state index in [4.69, 9.17) is 15.0 Å². The first kappa shape index (κ1) is 21.3. The monoisotopic (exact) mass is 427 g/mol. The average Bonchev–Trinajstić information content (AvgIpc) is 3.27. The average molecular weight is 428 g/mol. The molecule has 0 bridgehead atoms. The third-order valence-electron chi connectivity index (χ3n) is 6.24. The molecule has 2 amide bonds. The maximum atomic E-state index is 13.0. The predicted molar refractivity (Wildman–Crippen MR) is 113 cm³/mol. The highest BCUT2D eigenvalue weighted by Gasteiger charge is 2.33. The first-order valence-corrected chi connectivity index (χ1v) is 10.8. The minimum absolute atomic E-state index is 0.0390. The van der Waals surface area contributed by atoms with E-state index in [0.29, 0.717) is 50.7 Å². The molecule has 0 saturated carbocycles. The van der Waals surface area contributed by atoms with Gasteiger partial charge in [0.1, 0.15) is 5.75 Å². The van der Waals surface area contributed by atoms with Gasteiger partial charge in [-0.2, -0.15) is 4.98 Å². The molecule has 0 spiro atoms. The first-order valence-electron chi connectivity index (χ1n) is 10.8. The van der Waals surface area contributed by atoms with Crippen LogP contribution < -0.4 is 10.5 Å². The number of amides is 2. The summed E-state index contributed by atoms with van der Waals surface area (Å²) in [7, 11) is 1.63. The number of piperidine rings is 2. The summed E-state index contributed by atoms with van der Waals surface area (Å²) in [5.41, 5.74) is 6.26. The molecule has 0 aliphatic carbocycles. The van der Waals surface area contributed by atoms with Gasteiger partial charge >= 0.3 is 0 Å². The standard InChI is InChI=1S/C22H29N5O4/c1-30-18-6-4-16(5-7-18)21-24-19(31-25-21)14-26-10-2-3-17(13-26)22(29)27-11-8-15(9-12-27)20(23)28/h4-7,15,17H,2-3,8-14H2,1H3,(H2,23,28). The molecule has 1 aromatic carbocycles. The quantitative estimate of drug-likeness (QED) is 0.746. The van der Waals surface area contributed by atoms with Gasteiger partial charge < -0.3 is 19.9 Å². The second kappa shape index (κ2) is 9.47. The van der Waals surface area contributed by atoms with E-state index in [9.17, 15) is 9.59 Å². The van der Waals surface area contributed by atoms with Crippen molar-refractivity contribution < 1.29 is 18.8 Å². The summed E-state index contributed by atoms with van der Waals surface area (Å²) >= 11 is 0. The maximum Gasteiger partial charge on any atom is 0.241 e. The van der Waals surface area contributed by atoms with Gasteiger partial charge in [0, 0.05) is 31.1 Å². The largest absolute Gasteiger partial charge is 0.497 e. The molecule has 1 aromatic heterocycles. The number of ether oxygens (including phenoxy) is 1. The Balaban J connectivity index is 1.32. The molecule has 0 radical (unpaired) electrons. The minimum atomic E-state index is -0.260. The summed E-state index contributed by atoms with van der Waals surface area (Å²) in [6, 6.07) is 7.51. The van der Waals surface area contributed by atoms with E-state index < -0.39 is 0 Å². The summed E-state index contributed by atoms with van der Waals surface area (Å²) in [4.78, 5) is 33.0. The number of primary amides is 1. The number of nitrogens with zero attached hydrogens (tertiary/aromatic N) is 4. The molecule has 2 aliphatic rings. The Bertz CT molecular complexity index is 905. The van der Waals surface area contributed by atoms with Crippen LogP contribution in [0.25, 0.3) is 11.4 Å². The van der Waals surface area contributed by atoms with Crippen molar-refractivity contribution in [2.24, 2.45) is 17.6 Å². The molecular weight excluding hydrogens is 398 g/mol. The molecule has 2 aliphatic heterocycles. The number of benzene rings is 1. The maximum absolute atomic E-state index is 13.0. The minimum Gasteiger partial charge on any atom is -0.497 e. The van der Waals surface area contributed by atoms with Crippen LogP contribution in [0, 0.1) is 11.8 Å². The fourth-order valence-corrected chi connectivity index (χ4v) is 4.41. The van der Waals surface area contributed by atoms with E-state index in [1.54, 1.807) is 7.11 Å². The Morgan fingerprint density at radius 2 is 1.87 bits per heavy atom. The van der Waals surface area contributed by atoms with Gasteiger partial charge in [-0.15, -0.1) is 0 Å². The highest BCUT2D eigenvalue weighted by atomic mass is 16.5. The van der Waals surface area contributed by atoms with Crippen LogP contribution in [0.1, 0.15) is 31.6 Å². The number of hydrogen-bond donors (Lipinski definition) is 1. The third-order valence-corrected chi connectivity index (χ3v) is 6.24. The van der Waals surface area contributed by atoms with Gasteiger partial charge in [-0.1, -0.05) is 5.16 Å².